The van der Waals surface area contributed by atoms with Crippen LogP contribution in [0, 0.1) is 11.8 Å². The van der Waals surface area contributed by atoms with Crippen LogP contribution in [0.5, 0.6) is 0 Å². The Morgan fingerprint density at radius 1 is 1.24 bits per heavy atom. The second-order valence-electron chi connectivity index (χ2n) is 6.27. The van der Waals surface area contributed by atoms with Gasteiger partial charge in [0.2, 0.25) is 0 Å². The minimum atomic E-state index is 0.429. The number of piperidine rings is 1. The van der Waals surface area contributed by atoms with Gasteiger partial charge in [0.15, 0.2) is 0 Å². The highest BCUT2D eigenvalue weighted by Crippen LogP contribution is 2.38. The average Bonchev–Trinajstić information content (AvgIpc) is 3.11. The van der Waals surface area contributed by atoms with Crippen LogP contribution in [0.25, 0.3) is 0 Å². The zero-order chi connectivity index (χ0) is 12.3. The molecular weight excluding hydrogens is 208 g/mol. The molecule has 2 heteroatoms. The van der Waals surface area contributed by atoms with E-state index in [1.165, 1.54) is 51.5 Å². The third-order valence-corrected chi connectivity index (χ3v) is 4.62. The molecule has 100 valence electrons. The fourth-order valence-corrected chi connectivity index (χ4v) is 3.63. The van der Waals surface area contributed by atoms with E-state index in [9.17, 15) is 0 Å². The quantitative estimate of drug-likeness (QED) is 0.771. The number of nitrogens with zero attached hydrogens (tertiary/aromatic N) is 1. The summed E-state index contributed by atoms with van der Waals surface area (Å²) in [7, 11) is 0. The molecule has 2 fully saturated rings. The fourth-order valence-electron chi connectivity index (χ4n) is 3.63. The summed E-state index contributed by atoms with van der Waals surface area (Å²) in [5.41, 5.74) is 6.26. The summed E-state index contributed by atoms with van der Waals surface area (Å²) >= 11 is 0. The SMILES string of the molecule is CCCCC1CC(N)CN(C(CC)C2CC2)C1. The van der Waals surface area contributed by atoms with Crippen molar-refractivity contribution in [1.29, 1.82) is 0 Å². The molecular formula is C15H30N2. The van der Waals surface area contributed by atoms with Gasteiger partial charge in [-0.1, -0.05) is 26.7 Å². The predicted molar refractivity (Wildman–Crippen MR) is 74.0 cm³/mol. The maximum absolute atomic E-state index is 6.26. The summed E-state index contributed by atoms with van der Waals surface area (Å²) in [5, 5.41) is 0. The zero-order valence-corrected chi connectivity index (χ0v) is 11.7. The van der Waals surface area contributed by atoms with Gasteiger partial charge in [0.05, 0.1) is 0 Å². The van der Waals surface area contributed by atoms with Crippen molar-refractivity contribution >= 4 is 0 Å². The number of hydrogen-bond donors (Lipinski definition) is 1. The molecule has 1 saturated heterocycles. The standard InChI is InChI=1S/C15H30N2/c1-3-5-6-12-9-14(16)11-17(10-12)15(4-2)13-7-8-13/h12-15H,3-11,16H2,1-2H3. The van der Waals surface area contributed by atoms with Gasteiger partial charge in [0, 0.05) is 25.2 Å². The first-order valence-electron chi connectivity index (χ1n) is 7.74. The van der Waals surface area contributed by atoms with Gasteiger partial charge in [-0.3, -0.25) is 4.90 Å². The Kier molecular flexibility index (Phi) is 4.87. The van der Waals surface area contributed by atoms with Crippen LogP contribution < -0.4 is 5.73 Å². The van der Waals surface area contributed by atoms with Gasteiger partial charge < -0.3 is 5.73 Å². The first-order chi connectivity index (χ1) is 8.24. The Hall–Kier alpha value is -0.0800. The molecule has 0 radical (unpaired) electrons. The number of hydrogen-bond acceptors (Lipinski definition) is 2. The van der Waals surface area contributed by atoms with Gasteiger partial charge >= 0.3 is 0 Å². The summed E-state index contributed by atoms with van der Waals surface area (Å²) in [6.45, 7) is 7.12. The van der Waals surface area contributed by atoms with Crippen molar-refractivity contribution in [3.63, 3.8) is 0 Å². The highest BCUT2D eigenvalue weighted by Gasteiger charge is 2.37. The molecule has 2 nitrogen and oxygen atoms in total. The number of likely N-dealkylation sites (tertiary alicyclic amines) is 1. The summed E-state index contributed by atoms with van der Waals surface area (Å²) in [4.78, 5) is 2.73. The van der Waals surface area contributed by atoms with Crippen molar-refractivity contribution in [3.05, 3.63) is 0 Å². The van der Waals surface area contributed by atoms with E-state index in [0.717, 1.165) is 24.4 Å². The third kappa shape index (κ3) is 3.69. The molecule has 0 aromatic heterocycles. The normalized spacial score (nSPS) is 32.6. The van der Waals surface area contributed by atoms with Crippen LogP contribution in [0.3, 0.4) is 0 Å². The number of nitrogens with two attached hydrogens (primary N) is 1. The Bertz CT molecular complexity index is 225. The van der Waals surface area contributed by atoms with E-state index in [-0.39, 0.29) is 0 Å². The molecule has 0 spiro atoms. The lowest BCUT2D eigenvalue weighted by Gasteiger charge is -2.41. The van der Waals surface area contributed by atoms with Gasteiger partial charge in [0.1, 0.15) is 0 Å². The van der Waals surface area contributed by atoms with Gasteiger partial charge in [-0.2, -0.15) is 0 Å². The number of unbranched alkanes of at least 4 members (excludes halogenated alkanes) is 1. The van der Waals surface area contributed by atoms with E-state index in [4.69, 9.17) is 5.73 Å². The minimum absolute atomic E-state index is 0.429. The smallest absolute Gasteiger partial charge is 0.0171 e. The molecule has 2 N–H and O–H groups in total. The van der Waals surface area contributed by atoms with E-state index >= 15 is 0 Å². The summed E-state index contributed by atoms with van der Waals surface area (Å²) in [6, 6.07) is 1.27. The van der Waals surface area contributed by atoms with E-state index in [1.807, 2.05) is 0 Å². The van der Waals surface area contributed by atoms with Crippen molar-refractivity contribution in [1.82, 2.24) is 4.90 Å². The van der Waals surface area contributed by atoms with E-state index < -0.39 is 0 Å². The molecule has 0 aromatic rings. The molecule has 0 aromatic carbocycles. The Balaban J connectivity index is 1.87. The Morgan fingerprint density at radius 3 is 2.59 bits per heavy atom. The number of rotatable bonds is 6. The first-order valence-corrected chi connectivity index (χ1v) is 7.74. The molecule has 1 aliphatic carbocycles. The van der Waals surface area contributed by atoms with Crippen LogP contribution in [-0.2, 0) is 0 Å². The Labute approximate surface area is 107 Å². The van der Waals surface area contributed by atoms with Crippen LogP contribution in [0.15, 0.2) is 0 Å². The van der Waals surface area contributed by atoms with Gasteiger partial charge in [-0.05, 0) is 43.9 Å². The average molecular weight is 238 g/mol. The topological polar surface area (TPSA) is 29.3 Å². The molecule has 0 amide bonds. The second kappa shape index (κ2) is 6.19. The molecule has 1 heterocycles. The Morgan fingerprint density at radius 2 is 2.00 bits per heavy atom. The van der Waals surface area contributed by atoms with Crippen molar-refractivity contribution < 1.29 is 0 Å². The van der Waals surface area contributed by atoms with Crippen LogP contribution in [-0.4, -0.2) is 30.1 Å². The minimum Gasteiger partial charge on any atom is -0.327 e. The lowest BCUT2D eigenvalue weighted by Crippen LogP contribution is -2.51. The summed E-state index contributed by atoms with van der Waals surface area (Å²) in [5.74, 6) is 1.86. The molecule has 1 aliphatic heterocycles. The highest BCUT2D eigenvalue weighted by atomic mass is 15.2. The van der Waals surface area contributed by atoms with Gasteiger partial charge in [-0.15, -0.1) is 0 Å². The monoisotopic (exact) mass is 238 g/mol. The molecule has 2 rings (SSSR count). The zero-order valence-electron chi connectivity index (χ0n) is 11.7. The van der Waals surface area contributed by atoms with E-state index in [1.54, 1.807) is 0 Å². The molecule has 1 saturated carbocycles. The summed E-state index contributed by atoms with van der Waals surface area (Å²) in [6.07, 6.45) is 9.60. The van der Waals surface area contributed by atoms with Crippen molar-refractivity contribution in [2.75, 3.05) is 13.1 Å². The van der Waals surface area contributed by atoms with Crippen LogP contribution in [0.1, 0.15) is 58.8 Å². The third-order valence-electron chi connectivity index (χ3n) is 4.62. The molecule has 0 bridgehead atoms. The lowest BCUT2D eigenvalue weighted by atomic mass is 9.88. The van der Waals surface area contributed by atoms with E-state index in [2.05, 4.69) is 18.7 Å². The molecule has 3 atom stereocenters. The molecule has 3 unspecified atom stereocenters. The fraction of sp³-hybridized carbons (Fsp3) is 1.00. The molecule has 17 heavy (non-hydrogen) atoms. The van der Waals surface area contributed by atoms with Crippen molar-refractivity contribution in [2.45, 2.75) is 70.9 Å². The van der Waals surface area contributed by atoms with Crippen molar-refractivity contribution in [2.24, 2.45) is 17.6 Å². The maximum Gasteiger partial charge on any atom is 0.0171 e. The van der Waals surface area contributed by atoms with Crippen LogP contribution in [0.4, 0.5) is 0 Å². The van der Waals surface area contributed by atoms with Crippen LogP contribution >= 0.6 is 0 Å². The van der Waals surface area contributed by atoms with E-state index in [0.29, 0.717) is 6.04 Å². The maximum atomic E-state index is 6.26. The van der Waals surface area contributed by atoms with Crippen LogP contribution in [0.2, 0.25) is 0 Å². The van der Waals surface area contributed by atoms with Gasteiger partial charge in [-0.25, -0.2) is 0 Å². The van der Waals surface area contributed by atoms with Gasteiger partial charge in [0.25, 0.3) is 0 Å². The van der Waals surface area contributed by atoms with Crippen molar-refractivity contribution in [3.8, 4) is 0 Å². The lowest BCUT2D eigenvalue weighted by molar-refractivity contribution is 0.0901. The largest absolute Gasteiger partial charge is 0.327 e. The molecule has 2 aliphatic rings. The first kappa shape index (κ1) is 13.4. The predicted octanol–water partition coefficient (Wildman–Crippen LogP) is 3.01. The second-order valence-corrected chi connectivity index (χ2v) is 6.27. The highest BCUT2D eigenvalue weighted by molar-refractivity contribution is 4.92. The summed E-state index contributed by atoms with van der Waals surface area (Å²) < 4.78 is 0.